The third kappa shape index (κ3) is 5.11. The Hall–Kier alpha value is -5.11. The fraction of sp³-hybridized carbons (Fsp3) is 0.156. The number of H-pyrrole nitrogens is 1. The first kappa shape index (κ1) is 26.5. The van der Waals surface area contributed by atoms with Crippen molar-refractivity contribution in [2.75, 3.05) is 20.8 Å². The molecular weight excluding hydrogens is 508 g/mol. The van der Waals surface area contributed by atoms with Crippen molar-refractivity contribution < 1.29 is 29.0 Å². The van der Waals surface area contributed by atoms with Crippen LogP contribution in [-0.2, 0) is 20.7 Å². The fourth-order valence-electron chi connectivity index (χ4n) is 4.96. The molecule has 1 atom stereocenters. The van der Waals surface area contributed by atoms with Crippen molar-refractivity contribution >= 4 is 34.6 Å². The molecule has 0 spiro atoms. The summed E-state index contributed by atoms with van der Waals surface area (Å²) in [5.41, 5.74) is 3.61. The number of aromatic amines is 1. The normalized spacial score (nSPS) is 15.3. The van der Waals surface area contributed by atoms with Gasteiger partial charge in [0.25, 0.3) is 5.91 Å². The van der Waals surface area contributed by atoms with E-state index in [1.165, 1.54) is 18.1 Å². The lowest BCUT2D eigenvalue weighted by atomic mass is 9.94. The van der Waals surface area contributed by atoms with E-state index in [0.29, 0.717) is 23.3 Å². The molecule has 4 aromatic rings. The first-order valence-corrected chi connectivity index (χ1v) is 12.7. The van der Waals surface area contributed by atoms with Crippen molar-refractivity contribution in [3.8, 4) is 5.75 Å². The van der Waals surface area contributed by atoms with Crippen molar-refractivity contribution in [1.29, 1.82) is 0 Å². The summed E-state index contributed by atoms with van der Waals surface area (Å²) in [5, 5.41) is 11.9. The summed E-state index contributed by atoms with van der Waals surface area (Å²) in [5.74, 6) is -1.47. The standard InChI is InChI=1S/C32H28N2O6/c1-39-24-13-14-26-25(18-24)23(19-33-26)16-17-34-29(21-9-11-22(12-10-21)32(38)40-2)28(30(36)31(34)37)27(35)15-8-20-6-4-3-5-7-20/h3-15,18-19,29,33,36H,16-17H2,1-2H3/b15-8+/t29-/m1/s1. The number of nitrogens with one attached hydrogen (secondary N) is 1. The van der Waals surface area contributed by atoms with Crippen molar-refractivity contribution in [2.24, 2.45) is 0 Å². The molecule has 1 amide bonds. The van der Waals surface area contributed by atoms with Crippen molar-refractivity contribution in [3.05, 3.63) is 119 Å². The Morgan fingerprint density at radius 1 is 1.02 bits per heavy atom. The monoisotopic (exact) mass is 536 g/mol. The van der Waals surface area contributed by atoms with E-state index >= 15 is 0 Å². The van der Waals surface area contributed by atoms with Gasteiger partial charge in [-0.15, -0.1) is 0 Å². The van der Waals surface area contributed by atoms with Gasteiger partial charge in [0.1, 0.15) is 5.75 Å². The maximum atomic E-state index is 13.4. The third-order valence-corrected chi connectivity index (χ3v) is 7.04. The average Bonchev–Trinajstić information content (AvgIpc) is 3.51. The number of fused-ring (bicyclic) bond motifs is 1. The zero-order chi connectivity index (χ0) is 28.2. The van der Waals surface area contributed by atoms with E-state index < -0.39 is 29.5 Å². The second kappa shape index (κ2) is 11.3. The Bertz CT molecular complexity index is 1630. The second-order valence-electron chi connectivity index (χ2n) is 9.36. The largest absolute Gasteiger partial charge is 0.503 e. The number of ketones is 1. The van der Waals surface area contributed by atoms with Crippen LogP contribution in [-0.4, -0.2) is 53.4 Å². The number of rotatable bonds is 9. The fourth-order valence-corrected chi connectivity index (χ4v) is 4.96. The summed E-state index contributed by atoms with van der Waals surface area (Å²) < 4.78 is 10.2. The van der Waals surface area contributed by atoms with E-state index in [9.17, 15) is 19.5 Å². The van der Waals surface area contributed by atoms with Gasteiger partial charge in [-0.3, -0.25) is 9.59 Å². The van der Waals surface area contributed by atoms with E-state index in [4.69, 9.17) is 9.47 Å². The van der Waals surface area contributed by atoms with Gasteiger partial charge in [-0.2, -0.15) is 0 Å². The van der Waals surface area contributed by atoms with Crippen LogP contribution in [0.2, 0.25) is 0 Å². The molecule has 0 unspecified atom stereocenters. The van der Waals surface area contributed by atoms with Crippen LogP contribution in [0, 0.1) is 0 Å². The number of methoxy groups -OCH3 is 2. The molecule has 8 nitrogen and oxygen atoms in total. The number of hydrogen-bond acceptors (Lipinski definition) is 6. The summed E-state index contributed by atoms with van der Waals surface area (Å²) in [6, 6.07) is 20.6. The molecule has 40 heavy (non-hydrogen) atoms. The summed E-state index contributed by atoms with van der Waals surface area (Å²) in [7, 11) is 2.90. The summed E-state index contributed by atoms with van der Waals surface area (Å²) in [6.45, 7) is 0.232. The van der Waals surface area contributed by atoms with E-state index in [0.717, 1.165) is 22.0 Å². The van der Waals surface area contributed by atoms with Crippen LogP contribution >= 0.6 is 0 Å². The number of allylic oxidation sites excluding steroid dienone is 1. The lowest BCUT2D eigenvalue weighted by Gasteiger charge is -2.26. The molecule has 0 saturated carbocycles. The van der Waals surface area contributed by atoms with E-state index in [1.54, 1.807) is 37.5 Å². The molecular formula is C32H28N2O6. The maximum Gasteiger partial charge on any atom is 0.337 e. The molecule has 0 aliphatic carbocycles. The topological polar surface area (TPSA) is 109 Å². The summed E-state index contributed by atoms with van der Waals surface area (Å²) >= 11 is 0. The maximum absolute atomic E-state index is 13.4. The SMILES string of the molecule is COC(=O)c1ccc([C@@H]2C(C(=O)/C=C/c3ccccc3)=C(O)C(=O)N2CCc2c[nH]c3ccc(OC)cc23)cc1. The van der Waals surface area contributed by atoms with E-state index in [2.05, 4.69) is 4.98 Å². The molecule has 1 aromatic heterocycles. The Morgan fingerprint density at radius 2 is 1.77 bits per heavy atom. The minimum Gasteiger partial charge on any atom is -0.503 e. The quantitative estimate of drug-likeness (QED) is 0.225. The number of hydrogen-bond donors (Lipinski definition) is 2. The van der Waals surface area contributed by atoms with Crippen LogP contribution < -0.4 is 4.74 Å². The van der Waals surface area contributed by atoms with Gasteiger partial charge in [0.2, 0.25) is 0 Å². The number of amides is 1. The number of benzene rings is 3. The molecule has 0 saturated heterocycles. The Balaban J connectivity index is 1.48. The highest BCUT2D eigenvalue weighted by Gasteiger charge is 2.42. The van der Waals surface area contributed by atoms with Gasteiger partial charge in [0, 0.05) is 23.6 Å². The molecule has 2 N–H and O–H groups in total. The van der Waals surface area contributed by atoms with Crippen LogP contribution in [0.4, 0.5) is 0 Å². The van der Waals surface area contributed by atoms with Gasteiger partial charge < -0.3 is 24.5 Å². The van der Waals surface area contributed by atoms with Crippen LogP contribution in [0.25, 0.3) is 17.0 Å². The minimum atomic E-state index is -0.841. The van der Waals surface area contributed by atoms with E-state index in [-0.39, 0.29) is 12.1 Å². The van der Waals surface area contributed by atoms with Crippen molar-refractivity contribution in [2.45, 2.75) is 12.5 Å². The van der Waals surface area contributed by atoms with Crippen LogP contribution in [0.15, 0.2) is 96.4 Å². The van der Waals surface area contributed by atoms with Crippen LogP contribution in [0.3, 0.4) is 0 Å². The number of aliphatic hydroxyl groups excluding tert-OH is 1. The van der Waals surface area contributed by atoms with E-state index in [1.807, 2.05) is 54.7 Å². The van der Waals surface area contributed by atoms with Crippen molar-refractivity contribution in [1.82, 2.24) is 9.88 Å². The Labute approximate surface area is 231 Å². The zero-order valence-corrected chi connectivity index (χ0v) is 22.1. The molecule has 202 valence electrons. The van der Waals surface area contributed by atoms with Crippen LogP contribution in [0.1, 0.15) is 33.1 Å². The lowest BCUT2D eigenvalue weighted by Crippen LogP contribution is -2.33. The highest BCUT2D eigenvalue weighted by atomic mass is 16.5. The lowest BCUT2D eigenvalue weighted by molar-refractivity contribution is -0.129. The van der Waals surface area contributed by atoms with Gasteiger partial charge in [0.15, 0.2) is 11.5 Å². The third-order valence-electron chi connectivity index (χ3n) is 7.04. The van der Waals surface area contributed by atoms with Crippen molar-refractivity contribution in [3.63, 3.8) is 0 Å². The van der Waals surface area contributed by atoms with Gasteiger partial charge in [0.05, 0.1) is 31.4 Å². The number of nitrogens with zero attached hydrogens (tertiary/aromatic N) is 1. The predicted molar refractivity (Wildman–Crippen MR) is 151 cm³/mol. The molecule has 1 aliphatic rings. The Kier molecular flexibility index (Phi) is 7.50. The van der Waals surface area contributed by atoms with Gasteiger partial charge >= 0.3 is 5.97 Å². The smallest absolute Gasteiger partial charge is 0.337 e. The predicted octanol–water partition coefficient (Wildman–Crippen LogP) is 5.18. The molecule has 0 bridgehead atoms. The molecule has 2 heterocycles. The molecule has 3 aromatic carbocycles. The minimum absolute atomic E-state index is 0.0106. The number of esters is 1. The number of carbonyl (C=O) groups excluding carboxylic acids is 3. The highest BCUT2D eigenvalue weighted by molar-refractivity contribution is 6.14. The number of aromatic nitrogens is 1. The number of aliphatic hydroxyl groups is 1. The van der Waals surface area contributed by atoms with Gasteiger partial charge in [-0.05, 0) is 59.5 Å². The molecule has 1 aliphatic heterocycles. The van der Waals surface area contributed by atoms with Gasteiger partial charge in [-0.1, -0.05) is 48.5 Å². The van der Waals surface area contributed by atoms with Crippen LogP contribution in [0.5, 0.6) is 5.75 Å². The molecule has 0 fully saturated rings. The molecule has 5 rings (SSSR count). The number of carbonyl (C=O) groups is 3. The second-order valence-corrected chi connectivity index (χ2v) is 9.36. The Morgan fingerprint density at radius 3 is 2.48 bits per heavy atom. The molecule has 0 radical (unpaired) electrons. The molecule has 8 heteroatoms. The zero-order valence-electron chi connectivity index (χ0n) is 22.1. The summed E-state index contributed by atoms with van der Waals surface area (Å²) in [6.07, 6.45) is 5.35. The first-order chi connectivity index (χ1) is 19.4. The first-order valence-electron chi connectivity index (χ1n) is 12.7. The summed E-state index contributed by atoms with van der Waals surface area (Å²) in [4.78, 5) is 43.5. The van der Waals surface area contributed by atoms with Gasteiger partial charge in [-0.25, -0.2) is 4.79 Å². The average molecular weight is 537 g/mol. The number of ether oxygens (including phenoxy) is 2. The highest BCUT2D eigenvalue weighted by Crippen LogP contribution is 2.38.